The second-order valence-electron chi connectivity index (χ2n) is 8.52. The first-order valence-electron chi connectivity index (χ1n) is 11.5. The van der Waals surface area contributed by atoms with Gasteiger partial charge in [0.05, 0.1) is 22.3 Å². The van der Waals surface area contributed by atoms with Crippen LogP contribution in [0.5, 0.6) is 5.75 Å². The van der Waals surface area contributed by atoms with E-state index in [1.165, 1.54) is 0 Å². The van der Waals surface area contributed by atoms with Gasteiger partial charge in [-0.05, 0) is 73.0 Å². The number of aromatic nitrogens is 4. The fourth-order valence-electron chi connectivity index (χ4n) is 4.07. The number of nitrogens with zero attached hydrogens (tertiary/aromatic N) is 3. The summed E-state index contributed by atoms with van der Waals surface area (Å²) in [6.45, 7) is 4.22. The summed E-state index contributed by atoms with van der Waals surface area (Å²) in [5.74, 6) is 1.16. The standard InChI is InChI=1S/C28H24ClN5O2/c1-17-15-30-9-7-22(17)19-6-10-32-27(13-19)33-18(2)23-11-20-12-24(29)26(14-25(20)34-28(23)35)36-16-21-5-3-4-8-31-21/h3-15,18H,16H2,1-2H3,(H,32,33)(H,34,35)/t18-/m0/s1. The molecule has 4 heterocycles. The van der Waals surface area contributed by atoms with Gasteiger partial charge >= 0.3 is 0 Å². The molecule has 0 saturated carbocycles. The van der Waals surface area contributed by atoms with Gasteiger partial charge < -0.3 is 15.0 Å². The predicted octanol–water partition coefficient (Wildman–Crippen LogP) is 6.09. The molecule has 1 aromatic carbocycles. The molecule has 0 unspecified atom stereocenters. The van der Waals surface area contributed by atoms with Crippen molar-refractivity contribution in [1.29, 1.82) is 0 Å². The molecule has 0 saturated heterocycles. The van der Waals surface area contributed by atoms with Crippen molar-refractivity contribution >= 4 is 28.3 Å². The van der Waals surface area contributed by atoms with E-state index in [2.05, 4.69) is 25.3 Å². The van der Waals surface area contributed by atoms with E-state index in [1.807, 2.05) is 62.5 Å². The summed E-state index contributed by atoms with van der Waals surface area (Å²) in [7, 11) is 0. The maximum atomic E-state index is 13.0. The average molecular weight is 498 g/mol. The number of aromatic amines is 1. The van der Waals surface area contributed by atoms with Crippen molar-refractivity contribution < 1.29 is 4.74 Å². The van der Waals surface area contributed by atoms with Crippen molar-refractivity contribution in [2.75, 3.05) is 5.32 Å². The fourth-order valence-corrected chi connectivity index (χ4v) is 4.29. The van der Waals surface area contributed by atoms with Crippen molar-refractivity contribution in [3.63, 3.8) is 0 Å². The lowest BCUT2D eigenvalue weighted by Crippen LogP contribution is -2.19. The number of pyridine rings is 4. The summed E-state index contributed by atoms with van der Waals surface area (Å²) < 4.78 is 5.84. The summed E-state index contributed by atoms with van der Waals surface area (Å²) in [5, 5.41) is 4.61. The largest absolute Gasteiger partial charge is 0.486 e. The first-order valence-corrected chi connectivity index (χ1v) is 11.9. The molecule has 0 fully saturated rings. The highest BCUT2D eigenvalue weighted by atomic mass is 35.5. The Kier molecular flexibility index (Phi) is 6.64. The second kappa shape index (κ2) is 10.2. The molecule has 0 aliphatic heterocycles. The Morgan fingerprint density at radius 3 is 2.75 bits per heavy atom. The number of H-pyrrole nitrogens is 1. The lowest BCUT2D eigenvalue weighted by Gasteiger charge is -2.16. The molecule has 0 aliphatic carbocycles. The molecule has 36 heavy (non-hydrogen) atoms. The number of benzene rings is 1. The van der Waals surface area contributed by atoms with Gasteiger partial charge in [-0.1, -0.05) is 17.7 Å². The predicted molar refractivity (Wildman–Crippen MR) is 142 cm³/mol. The summed E-state index contributed by atoms with van der Waals surface area (Å²) >= 11 is 6.49. The van der Waals surface area contributed by atoms with Crippen LogP contribution in [0.3, 0.4) is 0 Å². The zero-order valence-electron chi connectivity index (χ0n) is 19.8. The van der Waals surface area contributed by atoms with Crippen molar-refractivity contribution in [3.8, 4) is 16.9 Å². The normalized spacial score (nSPS) is 11.9. The topological polar surface area (TPSA) is 92.8 Å². The number of halogens is 1. The lowest BCUT2D eigenvalue weighted by molar-refractivity contribution is 0.302. The summed E-state index contributed by atoms with van der Waals surface area (Å²) in [5.41, 5.74) is 5.00. The van der Waals surface area contributed by atoms with E-state index < -0.39 is 0 Å². The molecule has 0 bridgehead atoms. The maximum absolute atomic E-state index is 13.0. The Morgan fingerprint density at radius 2 is 1.94 bits per heavy atom. The molecular formula is C28H24ClN5O2. The SMILES string of the molecule is Cc1cnccc1-c1ccnc(N[C@@H](C)c2cc3cc(Cl)c(OCc4ccccn4)cc3[nH]c2=O)c1. The van der Waals surface area contributed by atoms with Gasteiger partial charge in [-0.3, -0.25) is 14.8 Å². The van der Waals surface area contributed by atoms with E-state index in [4.69, 9.17) is 16.3 Å². The highest BCUT2D eigenvalue weighted by molar-refractivity contribution is 6.32. The number of nitrogens with one attached hydrogen (secondary N) is 2. The molecule has 0 radical (unpaired) electrons. The smallest absolute Gasteiger partial charge is 0.253 e. The zero-order valence-corrected chi connectivity index (χ0v) is 20.6. The van der Waals surface area contributed by atoms with Crippen LogP contribution in [-0.2, 0) is 6.61 Å². The number of ether oxygens (including phenoxy) is 1. The minimum absolute atomic E-state index is 0.193. The number of fused-ring (bicyclic) bond motifs is 1. The molecule has 0 spiro atoms. The monoisotopic (exact) mass is 497 g/mol. The van der Waals surface area contributed by atoms with Gasteiger partial charge in [0.2, 0.25) is 0 Å². The number of aryl methyl sites for hydroxylation is 1. The fraction of sp³-hybridized carbons (Fsp3) is 0.143. The molecular weight excluding hydrogens is 474 g/mol. The minimum Gasteiger partial charge on any atom is -0.486 e. The van der Waals surface area contributed by atoms with Gasteiger partial charge in [0, 0.05) is 41.8 Å². The third-order valence-corrected chi connectivity index (χ3v) is 6.24. The van der Waals surface area contributed by atoms with Crippen LogP contribution in [-0.4, -0.2) is 19.9 Å². The van der Waals surface area contributed by atoms with E-state index in [0.717, 1.165) is 27.8 Å². The third-order valence-electron chi connectivity index (χ3n) is 5.95. The zero-order chi connectivity index (χ0) is 25.1. The first kappa shape index (κ1) is 23.5. The minimum atomic E-state index is -0.293. The Morgan fingerprint density at radius 1 is 1.06 bits per heavy atom. The van der Waals surface area contributed by atoms with Crippen LogP contribution in [0.25, 0.3) is 22.0 Å². The van der Waals surface area contributed by atoms with E-state index in [0.29, 0.717) is 27.7 Å². The Labute approximate surface area is 213 Å². The molecule has 180 valence electrons. The van der Waals surface area contributed by atoms with E-state index >= 15 is 0 Å². The van der Waals surface area contributed by atoms with Crippen molar-refractivity contribution in [3.05, 3.63) is 112 Å². The third kappa shape index (κ3) is 5.06. The molecule has 5 rings (SSSR count). The first-order chi connectivity index (χ1) is 17.5. The molecule has 0 amide bonds. The molecule has 1 atom stereocenters. The van der Waals surface area contributed by atoms with Gasteiger partial charge in [0.15, 0.2) is 0 Å². The van der Waals surface area contributed by atoms with E-state index in [-0.39, 0.29) is 18.2 Å². The van der Waals surface area contributed by atoms with Crippen LogP contribution in [0.15, 0.2) is 84.2 Å². The summed E-state index contributed by atoms with van der Waals surface area (Å²) in [6.07, 6.45) is 7.07. The van der Waals surface area contributed by atoms with E-state index in [1.54, 1.807) is 30.7 Å². The highest BCUT2D eigenvalue weighted by Crippen LogP contribution is 2.31. The van der Waals surface area contributed by atoms with Gasteiger partial charge in [-0.15, -0.1) is 0 Å². The number of hydrogen-bond donors (Lipinski definition) is 2. The quantitative estimate of drug-likeness (QED) is 0.282. The van der Waals surface area contributed by atoms with Crippen LogP contribution < -0.4 is 15.6 Å². The van der Waals surface area contributed by atoms with Gasteiger partial charge in [0.25, 0.3) is 5.56 Å². The molecule has 5 aromatic rings. The van der Waals surface area contributed by atoms with Crippen molar-refractivity contribution in [2.24, 2.45) is 0 Å². The molecule has 0 aliphatic rings. The second-order valence-corrected chi connectivity index (χ2v) is 8.93. The van der Waals surface area contributed by atoms with Crippen LogP contribution >= 0.6 is 11.6 Å². The average Bonchev–Trinajstić information content (AvgIpc) is 2.88. The summed E-state index contributed by atoms with van der Waals surface area (Å²) in [4.78, 5) is 28.8. The lowest BCUT2D eigenvalue weighted by atomic mass is 10.0. The van der Waals surface area contributed by atoms with Gasteiger partial charge in [0.1, 0.15) is 18.2 Å². The molecule has 7 nitrogen and oxygen atoms in total. The Bertz CT molecular complexity index is 1590. The number of hydrogen-bond acceptors (Lipinski definition) is 6. The number of anilines is 1. The molecule has 2 N–H and O–H groups in total. The van der Waals surface area contributed by atoms with Gasteiger partial charge in [-0.25, -0.2) is 4.98 Å². The van der Waals surface area contributed by atoms with Crippen molar-refractivity contribution in [2.45, 2.75) is 26.5 Å². The maximum Gasteiger partial charge on any atom is 0.253 e. The Hall–Kier alpha value is -4.23. The highest BCUT2D eigenvalue weighted by Gasteiger charge is 2.14. The molecule has 4 aromatic heterocycles. The van der Waals surface area contributed by atoms with Crippen LogP contribution in [0, 0.1) is 6.92 Å². The van der Waals surface area contributed by atoms with E-state index in [9.17, 15) is 4.79 Å². The molecule has 8 heteroatoms. The van der Waals surface area contributed by atoms with Crippen LogP contribution in [0.2, 0.25) is 5.02 Å². The van der Waals surface area contributed by atoms with Gasteiger partial charge in [-0.2, -0.15) is 0 Å². The van der Waals surface area contributed by atoms with Crippen molar-refractivity contribution in [1.82, 2.24) is 19.9 Å². The van der Waals surface area contributed by atoms with Crippen LogP contribution in [0.4, 0.5) is 5.82 Å². The van der Waals surface area contributed by atoms with Crippen LogP contribution in [0.1, 0.15) is 29.8 Å². The number of rotatable bonds is 7. The Balaban J connectivity index is 1.38. The summed E-state index contributed by atoms with van der Waals surface area (Å²) in [6, 6.07) is 16.6.